The molecule has 3 rings (SSSR count). The van der Waals surface area contributed by atoms with E-state index >= 15 is 0 Å². The molecule has 5 nitrogen and oxygen atoms in total. The largest absolute Gasteiger partial charge is 0.488 e. The topological polar surface area (TPSA) is 55.8 Å². The SMILES string of the molecule is COC(=O)CN1C(=O)C(=Cc2ccccc2OCc2ccccc2)SC1=S. The van der Waals surface area contributed by atoms with Crippen LogP contribution in [0.4, 0.5) is 0 Å². The van der Waals surface area contributed by atoms with Crippen LogP contribution in [0.25, 0.3) is 6.08 Å². The second-order valence-electron chi connectivity index (χ2n) is 5.66. The van der Waals surface area contributed by atoms with Crippen molar-refractivity contribution in [3.05, 3.63) is 70.6 Å². The highest BCUT2D eigenvalue weighted by atomic mass is 32.2. The van der Waals surface area contributed by atoms with E-state index < -0.39 is 5.97 Å². The van der Waals surface area contributed by atoms with Gasteiger partial charge in [-0.25, -0.2) is 0 Å². The Morgan fingerprint density at radius 1 is 1.15 bits per heavy atom. The zero-order valence-electron chi connectivity index (χ0n) is 14.6. The van der Waals surface area contributed by atoms with Crippen LogP contribution in [-0.4, -0.2) is 34.8 Å². The maximum absolute atomic E-state index is 12.6. The number of carbonyl (C=O) groups is 2. The second-order valence-corrected chi connectivity index (χ2v) is 7.33. The summed E-state index contributed by atoms with van der Waals surface area (Å²) < 4.78 is 10.9. The number of carbonyl (C=O) groups excluding carboxylic acids is 2. The van der Waals surface area contributed by atoms with Gasteiger partial charge in [0, 0.05) is 5.56 Å². The monoisotopic (exact) mass is 399 g/mol. The van der Waals surface area contributed by atoms with Gasteiger partial charge in [0.25, 0.3) is 5.91 Å². The number of para-hydroxylation sites is 1. The van der Waals surface area contributed by atoms with E-state index in [4.69, 9.17) is 17.0 Å². The quantitative estimate of drug-likeness (QED) is 0.420. The van der Waals surface area contributed by atoms with Crippen molar-refractivity contribution in [1.29, 1.82) is 0 Å². The summed E-state index contributed by atoms with van der Waals surface area (Å²) >= 11 is 6.37. The minimum absolute atomic E-state index is 0.190. The number of amides is 1. The van der Waals surface area contributed by atoms with Crippen molar-refractivity contribution in [3.63, 3.8) is 0 Å². The summed E-state index contributed by atoms with van der Waals surface area (Å²) in [5, 5.41) is 0. The Balaban J connectivity index is 1.78. The molecule has 0 radical (unpaired) electrons. The Bertz CT molecular complexity index is 896. The van der Waals surface area contributed by atoms with Gasteiger partial charge in [0.2, 0.25) is 0 Å². The van der Waals surface area contributed by atoms with Crippen LogP contribution in [0.2, 0.25) is 0 Å². The number of hydrogen-bond donors (Lipinski definition) is 0. The van der Waals surface area contributed by atoms with Crippen molar-refractivity contribution in [2.45, 2.75) is 6.61 Å². The van der Waals surface area contributed by atoms with Crippen LogP contribution < -0.4 is 4.74 Å². The number of benzene rings is 2. The van der Waals surface area contributed by atoms with Crippen molar-refractivity contribution in [1.82, 2.24) is 4.90 Å². The molecular weight excluding hydrogens is 382 g/mol. The molecule has 0 unspecified atom stereocenters. The molecule has 27 heavy (non-hydrogen) atoms. The average Bonchev–Trinajstić information content (AvgIpc) is 2.95. The fraction of sp³-hybridized carbons (Fsp3) is 0.150. The summed E-state index contributed by atoms with van der Waals surface area (Å²) in [5.41, 5.74) is 1.82. The van der Waals surface area contributed by atoms with E-state index in [-0.39, 0.29) is 12.5 Å². The highest BCUT2D eigenvalue weighted by Crippen LogP contribution is 2.34. The van der Waals surface area contributed by atoms with Crippen molar-refractivity contribution in [2.24, 2.45) is 0 Å². The molecule has 1 amide bonds. The smallest absolute Gasteiger partial charge is 0.325 e. The Kier molecular flexibility index (Phi) is 6.26. The molecule has 2 aromatic rings. The molecule has 1 heterocycles. The van der Waals surface area contributed by atoms with E-state index in [2.05, 4.69) is 4.74 Å². The molecule has 1 aliphatic heterocycles. The highest BCUT2D eigenvalue weighted by molar-refractivity contribution is 8.26. The fourth-order valence-electron chi connectivity index (χ4n) is 2.44. The predicted octanol–water partition coefficient (Wildman–Crippen LogP) is 3.64. The molecule has 0 spiro atoms. The summed E-state index contributed by atoms with van der Waals surface area (Å²) in [6.07, 6.45) is 1.73. The van der Waals surface area contributed by atoms with E-state index in [1.807, 2.05) is 54.6 Å². The molecule has 0 bridgehead atoms. The number of ether oxygens (including phenoxy) is 2. The van der Waals surface area contributed by atoms with Crippen molar-refractivity contribution >= 4 is 46.3 Å². The van der Waals surface area contributed by atoms with E-state index in [0.717, 1.165) is 22.9 Å². The van der Waals surface area contributed by atoms with Crippen LogP contribution in [0.5, 0.6) is 5.75 Å². The molecule has 7 heteroatoms. The van der Waals surface area contributed by atoms with Gasteiger partial charge in [0.05, 0.1) is 12.0 Å². The van der Waals surface area contributed by atoms with Gasteiger partial charge in [-0.15, -0.1) is 0 Å². The fourth-order valence-corrected chi connectivity index (χ4v) is 3.68. The van der Waals surface area contributed by atoms with E-state index in [0.29, 0.717) is 21.6 Å². The van der Waals surface area contributed by atoms with Gasteiger partial charge < -0.3 is 9.47 Å². The number of thiocarbonyl (C=S) groups is 1. The molecule has 138 valence electrons. The van der Waals surface area contributed by atoms with Gasteiger partial charge in [-0.1, -0.05) is 72.5 Å². The first-order chi connectivity index (χ1) is 13.1. The van der Waals surface area contributed by atoms with Crippen molar-refractivity contribution in [2.75, 3.05) is 13.7 Å². The lowest BCUT2D eigenvalue weighted by Gasteiger charge is -2.12. The third kappa shape index (κ3) is 4.75. The molecule has 1 aliphatic rings. The summed E-state index contributed by atoms with van der Waals surface area (Å²) in [6.45, 7) is 0.236. The molecule has 1 fully saturated rings. The molecule has 2 aromatic carbocycles. The van der Waals surface area contributed by atoms with Crippen LogP contribution >= 0.6 is 24.0 Å². The number of rotatable bonds is 6. The van der Waals surface area contributed by atoms with Crippen LogP contribution in [-0.2, 0) is 20.9 Å². The highest BCUT2D eigenvalue weighted by Gasteiger charge is 2.33. The zero-order valence-corrected chi connectivity index (χ0v) is 16.2. The van der Waals surface area contributed by atoms with Gasteiger partial charge in [0.15, 0.2) is 0 Å². The van der Waals surface area contributed by atoms with Gasteiger partial charge in [-0.05, 0) is 17.7 Å². The third-order valence-electron chi connectivity index (χ3n) is 3.83. The van der Waals surface area contributed by atoms with Gasteiger partial charge >= 0.3 is 5.97 Å². The van der Waals surface area contributed by atoms with Gasteiger partial charge in [-0.3, -0.25) is 14.5 Å². The Hall–Kier alpha value is -2.64. The van der Waals surface area contributed by atoms with E-state index in [1.54, 1.807) is 6.08 Å². The molecule has 0 N–H and O–H groups in total. The summed E-state index contributed by atoms with van der Waals surface area (Å²) in [5.74, 6) is -0.160. The second kappa shape index (κ2) is 8.83. The van der Waals surface area contributed by atoms with E-state index in [9.17, 15) is 9.59 Å². The lowest BCUT2D eigenvalue weighted by molar-refractivity contribution is -0.143. The van der Waals surface area contributed by atoms with Crippen molar-refractivity contribution < 1.29 is 19.1 Å². The molecule has 0 aliphatic carbocycles. The average molecular weight is 399 g/mol. The first kappa shape index (κ1) is 19.1. The molecule has 0 atom stereocenters. The number of nitrogens with zero attached hydrogens (tertiary/aromatic N) is 1. The summed E-state index contributed by atoms with van der Waals surface area (Å²) in [7, 11) is 1.27. The number of methoxy groups -OCH3 is 1. The molecule has 0 saturated carbocycles. The lowest BCUT2D eigenvalue weighted by Crippen LogP contribution is -2.33. The Labute approximate surface area is 167 Å². The van der Waals surface area contributed by atoms with Crippen molar-refractivity contribution in [3.8, 4) is 5.75 Å². The maximum Gasteiger partial charge on any atom is 0.325 e. The van der Waals surface area contributed by atoms with E-state index in [1.165, 1.54) is 12.0 Å². The lowest BCUT2D eigenvalue weighted by atomic mass is 10.1. The maximum atomic E-state index is 12.6. The van der Waals surface area contributed by atoms with Crippen LogP contribution in [0.15, 0.2) is 59.5 Å². The minimum Gasteiger partial charge on any atom is -0.488 e. The minimum atomic E-state index is -0.515. The predicted molar refractivity (Wildman–Crippen MR) is 109 cm³/mol. The molecule has 1 saturated heterocycles. The Morgan fingerprint density at radius 3 is 2.59 bits per heavy atom. The first-order valence-electron chi connectivity index (χ1n) is 8.16. The first-order valence-corrected chi connectivity index (χ1v) is 9.39. The third-order valence-corrected chi connectivity index (χ3v) is 5.21. The van der Waals surface area contributed by atoms with Gasteiger partial charge in [0.1, 0.15) is 23.2 Å². The number of hydrogen-bond acceptors (Lipinski definition) is 6. The number of esters is 1. The molecule has 0 aromatic heterocycles. The van der Waals surface area contributed by atoms with Crippen LogP contribution in [0.1, 0.15) is 11.1 Å². The van der Waals surface area contributed by atoms with Crippen LogP contribution in [0.3, 0.4) is 0 Å². The zero-order chi connectivity index (χ0) is 19.2. The number of thioether (sulfide) groups is 1. The summed E-state index contributed by atoms with van der Waals surface area (Å²) in [4.78, 5) is 25.7. The Morgan fingerprint density at radius 2 is 1.85 bits per heavy atom. The standard InChI is InChI=1S/C20H17NO4S2/c1-24-18(22)12-21-19(23)17(27-20(21)26)11-15-9-5-6-10-16(15)25-13-14-7-3-2-4-8-14/h2-11H,12-13H2,1H3. The van der Waals surface area contributed by atoms with Crippen LogP contribution in [0, 0.1) is 0 Å². The summed E-state index contributed by atoms with van der Waals surface area (Å²) in [6, 6.07) is 17.3. The normalized spacial score (nSPS) is 15.3. The van der Waals surface area contributed by atoms with Gasteiger partial charge in [-0.2, -0.15) is 0 Å². The molecular formula is C20H17NO4S2.